The molecule has 2 atom stereocenters. The van der Waals surface area contributed by atoms with Crippen LogP contribution < -0.4 is 5.32 Å². The van der Waals surface area contributed by atoms with Crippen molar-refractivity contribution in [2.75, 3.05) is 5.75 Å². The second-order valence-electron chi connectivity index (χ2n) is 3.65. The first-order valence-electron chi connectivity index (χ1n) is 5.03. The molecule has 0 bridgehead atoms. The highest BCUT2D eigenvalue weighted by Gasteiger charge is 2.27. The lowest BCUT2D eigenvalue weighted by Gasteiger charge is -2.28. The summed E-state index contributed by atoms with van der Waals surface area (Å²) < 4.78 is 13.0. The molecule has 5 heteroatoms. The molecule has 2 rings (SSSR count). The Morgan fingerprint density at radius 2 is 2.38 bits per heavy atom. The fourth-order valence-corrected chi connectivity index (χ4v) is 2.88. The highest BCUT2D eigenvalue weighted by molar-refractivity contribution is 7.99. The normalized spacial score (nSPS) is 25.3. The molecule has 0 radical (unpaired) electrons. The molecule has 1 aliphatic rings. The lowest BCUT2D eigenvalue weighted by atomic mass is 10.1. The van der Waals surface area contributed by atoms with Gasteiger partial charge in [0.05, 0.1) is 5.37 Å². The summed E-state index contributed by atoms with van der Waals surface area (Å²) in [6, 6.07) is 5.73. The van der Waals surface area contributed by atoms with Gasteiger partial charge < -0.3 is 5.11 Å². The fourth-order valence-electron chi connectivity index (χ4n) is 1.67. The van der Waals surface area contributed by atoms with E-state index in [0.717, 1.165) is 11.3 Å². The topological polar surface area (TPSA) is 49.3 Å². The van der Waals surface area contributed by atoms with Crippen LogP contribution in [0.2, 0.25) is 0 Å². The third-order valence-corrected chi connectivity index (χ3v) is 3.71. The predicted octanol–water partition coefficient (Wildman–Crippen LogP) is 2.00. The first-order valence-corrected chi connectivity index (χ1v) is 6.07. The van der Waals surface area contributed by atoms with Gasteiger partial charge in [-0.05, 0) is 29.9 Å². The average molecular weight is 241 g/mol. The number of rotatable bonds is 2. The summed E-state index contributed by atoms with van der Waals surface area (Å²) in [6.07, 6.45) is 0.603. The van der Waals surface area contributed by atoms with Crippen LogP contribution in [-0.4, -0.2) is 22.9 Å². The number of carboxylic acid groups (broad SMARTS) is 1. The van der Waals surface area contributed by atoms with Gasteiger partial charge in [0.2, 0.25) is 0 Å². The zero-order valence-corrected chi connectivity index (χ0v) is 9.34. The van der Waals surface area contributed by atoms with Crippen molar-refractivity contribution in [1.29, 1.82) is 0 Å². The minimum atomic E-state index is -0.846. The second kappa shape index (κ2) is 4.84. The SMILES string of the molecule is O=C(O)C1CCSC(c2cccc(F)c2)N1. The maximum Gasteiger partial charge on any atom is 0.320 e. The van der Waals surface area contributed by atoms with Crippen LogP contribution in [0.25, 0.3) is 0 Å². The Bertz CT molecular complexity index is 399. The van der Waals surface area contributed by atoms with E-state index in [-0.39, 0.29) is 11.2 Å². The van der Waals surface area contributed by atoms with Crippen molar-refractivity contribution in [2.24, 2.45) is 0 Å². The molecule has 0 saturated carbocycles. The number of carboxylic acids is 1. The molecule has 1 aliphatic heterocycles. The number of aliphatic carboxylic acids is 1. The zero-order chi connectivity index (χ0) is 11.5. The summed E-state index contributed by atoms with van der Waals surface area (Å²) in [5.41, 5.74) is 0.788. The Morgan fingerprint density at radius 3 is 3.06 bits per heavy atom. The van der Waals surface area contributed by atoms with Crippen LogP contribution in [0.3, 0.4) is 0 Å². The Kier molecular flexibility index (Phi) is 3.46. The Hall–Kier alpha value is -1.07. The van der Waals surface area contributed by atoms with Gasteiger partial charge in [0.25, 0.3) is 0 Å². The highest BCUT2D eigenvalue weighted by atomic mass is 32.2. The van der Waals surface area contributed by atoms with Gasteiger partial charge in [0.1, 0.15) is 11.9 Å². The van der Waals surface area contributed by atoms with Crippen LogP contribution in [0.4, 0.5) is 4.39 Å². The van der Waals surface area contributed by atoms with Crippen molar-refractivity contribution < 1.29 is 14.3 Å². The number of thioether (sulfide) groups is 1. The predicted molar refractivity (Wildman–Crippen MR) is 60.8 cm³/mol. The summed E-state index contributed by atoms with van der Waals surface area (Å²) in [5, 5.41) is 11.8. The number of hydrogen-bond donors (Lipinski definition) is 2. The molecule has 2 N–H and O–H groups in total. The molecular weight excluding hydrogens is 229 g/mol. The number of carbonyl (C=O) groups is 1. The van der Waals surface area contributed by atoms with E-state index in [1.165, 1.54) is 12.1 Å². The number of benzene rings is 1. The molecule has 2 unspecified atom stereocenters. The van der Waals surface area contributed by atoms with E-state index in [0.29, 0.717) is 6.42 Å². The molecule has 0 amide bonds. The second-order valence-corrected chi connectivity index (χ2v) is 4.86. The molecule has 1 heterocycles. The summed E-state index contributed by atoms with van der Waals surface area (Å²) in [7, 11) is 0. The first-order chi connectivity index (χ1) is 7.66. The van der Waals surface area contributed by atoms with Crippen molar-refractivity contribution >= 4 is 17.7 Å². The molecule has 16 heavy (non-hydrogen) atoms. The van der Waals surface area contributed by atoms with Gasteiger partial charge in [-0.2, -0.15) is 0 Å². The van der Waals surface area contributed by atoms with Gasteiger partial charge in [0.15, 0.2) is 0 Å². The Labute approximate surface area is 97.0 Å². The van der Waals surface area contributed by atoms with Crippen LogP contribution >= 0.6 is 11.8 Å². The van der Waals surface area contributed by atoms with Crippen LogP contribution in [0.1, 0.15) is 17.4 Å². The summed E-state index contributed by atoms with van der Waals surface area (Å²) in [4.78, 5) is 10.9. The molecule has 1 saturated heterocycles. The third kappa shape index (κ3) is 2.54. The molecule has 86 valence electrons. The van der Waals surface area contributed by atoms with E-state index in [2.05, 4.69) is 5.32 Å². The van der Waals surface area contributed by atoms with Gasteiger partial charge in [-0.15, -0.1) is 11.8 Å². The van der Waals surface area contributed by atoms with E-state index in [1.54, 1.807) is 23.9 Å². The van der Waals surface area contributed by atoms with Gasteiger partial charge in [0, 0.05) is 0 Å². The van der Waals surface area contributed by atoms with E-state index in [1.807, 2.05) is 0 Å². The molecular formula is C11H12FNO2S. The number of halogens is 1. The summed E-state index contributed by atoms with van der Waals surface area (Å²) in [5.74, 6) is -0.371. The van der Waals surface area contributed by atoms with E-state index >= 15 is 0 Å². The standard InChI is InChI=1S/C11H12FNO2S/c12-8-3-1-2-7(6-8)10-13-9(11(14)15)4-5-16-10/h1-3,6,9-10,13H,4-5H2,(H,14,15). The molecule has 1 fully saturated rings. The first kappa shape index (κ1) is 11.4. The lowest BCUT2D eigenvalue weighted by molar-refractivity contribution is -0.139. The minimum Gasteiger partial charge on any atom is -0.480 e. The Balaban J connectivity index is 2.12. The van der Waals surface area contributed by atoms with Crippen molar-refractivity contribution in [3.63, 3.8) is 0 Å². The maximum atomic E-state index is 13.0. The monoisotopic (exact) mass is 241 g/mol. The number of nitrogens with one attached hydrogen (secondary N) is 1. The van der Waals surface area contributed by atoms with Gasteiger partial charge in [-0.3, -0.25) is 10.1 Å². The largest absolute Gasteiger partial charge is 0.480 e. The summed E-state index contributed by atoms with van der Waals surface area (Å²) >= 11 is 1.61. The fraction of sp³-hybridized carbons (Fsp3) is 0.364. The van der Waals surface area contributed by atoms with E-state index in [4.69, 9.17) is 5.11 Å². The van der Waals surface area contributed by atoms with Crippen molar-refractivity contribution in [3.05, 3.63) is 35.6 Å². The molecule has 0 spiro atoms. The van der Waals surface area contributed by atoms with Crippen molar-refractivity contribution in [1.82, 2.24) is 5.32 Å². The zero-order valence-electron chi connectivity index (χ0n) is 8.52. The average Bonchev–Trinajstić information content (AvgIpc) is 2.29. The van der Waals surface area contributed by atoms with Crippen molar-refractivity contribution in [3.8, 4) is 0 Å². The molecule has 0 aromatic heterocycles. The molecule has 3 nitrogen and oxygen atoms in total. The smallest absolute Gasteiger partial charge is 0.320 e. The van der Waals surface area contributed by atoms with Crippen molar-refractivity contribution in [2.45, 2.75) is 17.8 Å². The quantitative estimate of drug-likeness (QED) is 0.831. The molecule has 1 aromatic carbocycles. The lowest BCUT2D eigenvalue weighted by Crippen LogP contribution is -2.41. The third-order valence-electron chi connectivity index (χ3n) is 2.49. The van der Waals surface area contributed by atoms with Crippen LogP contribution in [-0.2, 0) is 4.79 Å². The van der Waals surface area contributed by atoms with Crippen LogP contribution in [0.5, 0.6) is 0 Å². The molecule has 1 aromatic rings. The van der Waals surface area contributed by atoms with Crippen LogP contribution in [0.15, 0.2) is 24.3 Å². The van der Waals surface area contributed by atoms with Gasteiger partial charge in [-0.25, -0.2) is 4.39 Å². The van der Waals surface area contributed by atoms with Crippen LogP contribution in [0, 0.1) is 5.82 Å². The highest BCUT2D eigenvalue weighted by Crippen LogP contribution is 2.31. The maximum absolute atomic E-state index is 13.0. The van der Waals surface area contributed by atoms with Gasteiger partial charge >= 0.3 is 5.97 Å². The molecule has 0 aliphatic carbocycles. The summed E-state index contributed by atoms with van der Waals surface area (Å²) in [6.45, 7) is 0. The van der Waals surface area contributed by atoms with E-state index in [9.17, 15) is 9.18 Å². The Morgan fingerprint density at radius 1 is 1.56 bits per heavy atom. The van der Waals surface area contributed by atoms with Gasteiger partial charge in [-0.1, -0.05) is 12.1 Å². The minimum absolute atomic E-state index is 0.134. The van der Waals surface area contributed by atoms with E-state index < -0.39 is 12.0 Å². The number of hydrogen-bond acceptors (Lipinski definition) is 3.